The summed E-state index contributed by atoms with van der Waals surface area (Å²) in [4.78, 5) is 0. The maximum Gasteiger partial charge on any atom is 0.0571 e. The van der Waals surface area contributed by atoms with Gasteiger partial charge in [0.05, 0.1) is 6.10 Å². The molecular formula is C9H19O. The first-order chi connectivity index (χ1) is 4.85. The standard InChI is InChI=1S/C9H19O/c1-4-6-8-9(10-3)7-5-2/h9H,2,4-8H2,1,3H3. The van der Waals surface area contributed by atoms with Crippen LogP contribution in [0.25, 0.3) is 0 Å². The van der Waals surface area contributed by atoms with Gasteiger partial charge in [0.25, 0.3) is 0 Å². The maximum atomic E-state index is 5.25. The van der Waals surface area contributed by atoms with E-state index >= 15 is 0 Å². The van der Waals surface area contributed by atoms with Crippen molar-refractivity contribution in [2.75, 3.05) is 7.11 Å². The molecule has 0 aromatic carbocycles. The molecule has 61 valence electrons. The lowest BCUT2D eigenvalue weighted by Gasteiger charge is -2.12. The molecule has 0 amide bonds. The van der Waals surface area contributed by atoms with E-state index < -0.39 is 0 Å². The number of ether oxygens (including phenoxy) is 1. The number of hydrogen-bond acceptors (Lipinski definition) is 1. The summed E-state index contributed by atoms with van der Waals surface area (Å²) in [5, 5.41) is 0. The zero-order valence-electron chi connectivity index (χ0n) is 7.23. The van der Waals surface area contributed by atoms with Crippen LogP contribution in [0, 0.1) is 6.92 Å². The summed E-state index contributed by atoms with van der Waals surface area (Å²) in [7, 11) is 1.79. The van der Waals surface area contributed by atoms with Gasteiger partial charge < -0.3 is 4.74 Å². The quantitative estimate of drug-likeness (QED) is 0.555. The lowest BCUT2D eigenvalue weighted by atomic mass is 10.1. The molecule has 1 unspecified atom stereocenters. The number of unbranched alkanes of at least 4 members (excludes halogenated alkanes) is 1. The molecular weight excluding hydrogens is 124 g/mol. The highest BCUT2D eigenvalue weighted by Gasteiger charge is 2.03. The van der Waals surface area contributed by atoms with Crippen LogP contribution in [0.4, 0.5) is 0 Å². The van der Waals surface area contributed by atoms with E-state index in [1.807, 2.05) is 0 Å². The minimum atomic E-state index is 0.456. The topological polar surface area (TPSA) is 9.23 Å². The van der Waals surface area contributed by atoms with Gasteiger partial charge in [-0.2, -0.15) is 0 Å². The van der Waals surface area contributed by atoms with Crippen molar-refractivity contribution in [2.24, 2.45) is 0 Å². The van der Waals surface area contributed by atoms with Crippen LogP contribution < -0.4 is 0 Å². The van der Waals surface area contributed by atoms with Gasteiger partial charge >= 0.3 is 0 Å². The highest BCUT2D eigenvalue weighted by atomic mass is 16.5. The van der Waals surface area contributed by atoms with Crippen molar-refractivity contribution in [1.29, 1.82) is 0 Å². The second-order valence-electron chi connectivity index (χ2n) is 2.64. The predicted molar refractivity (Wildman–Crippen MR) is 44.9 cm³/mol. The molecule has 0 heterocycles. The minimum Gasteiger partial charge on any atom is -0.381 e. The summed E-state index contributed by atoms with van der Waals surface area (Å²) in [5.74, 6) is 0. The van der Waals surface area contributed by atoms with Gasteiger partial charge in [-0.05, 0) is 12.8 Å². The van der Waals surface area contributed by atoms with E-state index in [4.69, 9.17) is 4.74 Å². The Morgan fingerprint density at radius 2 is 2.10 bits per heavy atom. The average Bonchev–Trinajstić information content (AvgIpc) is 1.98. The van der Waals surface area contributed by atoms with Crippen LogP contribution in [-0.2, 0) is 4.74 Å². The highest BCUT2D eigenvalue weighted by molar-refractivity contribution is 4.57. The van der Waals surface area contributed by atoms with Crippen LogP contribution in [-0.4, -0.2) is 13.2 Å². The van der Waals surface area contributed by atoms with Gasteiger partial charge in [0.1, 0.15) is 0 Å². The first-order valence-corrected chi connectivity index (χ1v) is 4.17. The fourth-order valence-corrected chi connectivity index (χ4v) is 1.04. The van der Waals surface area contributed by atoms with Crippen molar-refractivity contribution >= 4 is 0 Å². The smallest absolute Gasteiger partial charge is 0.0571 e. The third kappa shape index (κ3) is 4.80. The van der Waals surface area contributed by atoms with Crippen LogP contribution in [0.15, 0.2) is 0 Å². The number of methoxy groups -OCH3 is 1. The molecule has 0 rings (SSSR count). The average molecular weight is 143 g/mol. The Hall–Kier alpha value is -0.0400. The van der Waals surface area contributed by atoms with E-state index in [1.165, 1.54) is 19.3 Å². The lowest BCUT2D eigenvalue weighted by molar-refractivity contribution is 0.0868. The lowest BCUT2D eigenvalue weighted by Crippen LogP contribution is -2.09. The van der Waals surface area contributed by atoms with Gasteiger partial charge in [-0.15, -0.1) is 0 Å². The molecule has 0 aliphatic rings. The van der Waals surface area contributed by atoms with Crippen molar-refractivity contribution in [1.82, 2.24) is 0 Å². The molecule has 0 aliphatic heterocycles. The molecule has 0 spiro atoms. The third-order valence-corrected chi connectivity index (χ3v) is 1.74. The Morgan fingerprint density at radius 3 is 2.50 bits per heavy atom. The van der Waals surface area contributed by atoms with Crippen LogP contribution in [0.5, 0.6) is 0 Å². The van der Waals surface area contributed by atoms with E-state index in [1.54, 1.807) is 7.11 Å². The highest BCUT2D eigenvalue weighted by Crippen LogP contribution is 2.08. The summed E-state index contributed by atoms with van der Waals surface area (Å²) in [6.07, 6.45) is 6.29. The van der Waals surface area contributed by atoms with Gasteiger partial charge in [0.2, 0.25) is 0 Å². The van der Waals surface area contributed by atoms with Crippen molar-refractivity contribution in [3.63, 3.8) is 0 Å². The van der Waals surface area contributed by atoms with Crippen LogP contribution in [0.1, 0.15) is 39.0 Å². The zero-order chi connectivity index (χ0) is 7.82. The molecule has 0 N–H and O–H groups in total. The Bertz CT molecular complexity index is 61.7. The molecule has 1 nitrogen and oxygen atoms in total. The van der Waals surface area contributed by atoms with E-state index in [2.05, 4.69) is 13.8 Å². The Morgan fingerprint density at radius 1 is 1.40 bits per heavy atom. The molecule has 10 heavy (non-hydrogen) atoms. The largest absolute Gasteiger partial charge is 0.381 e. The van der Waals surface area contributed by atoms with E-state index in [9.17, 15) is 0 Å². The Labute approximate surface area is 64.8 Å². The normalized spacial score (nSPS) is 13.5. The van der Waals surface area contributed by atoms with E-state index in [0.717, 1.165) is 12.8 Å². The fourth-order valence-electron chi connectivity index (χ4n) is 1.04. The van der Waals surface area contributed by atoms with Gasteiger partial charge in [-0.1, -0.05) is 33.1 Å². The van der Waals surface area contributed by atoms with Crippen molar-refractivity contribution in [3.8, 4) is 0 Å². The van der Waals surface area contributed by atoms with Gasteiger partial charge in [0.15, 0.2) is 0 Å². The maximum absolute atomic E-state index is 5.25. The molecule has 0 bridgehead atoms. The SMILES string of the molecule is [CH2]CCC(CCCC)OC. The second kappa shape index (κ2) is 7.07. The van der Waals surface area contributed by atoms with Crippen LogP contribution >= 0.6 is 0 Å². The number of hydrogen-bond donors (Lipinski definition) is 0. The molecule has 1 heteroatoms. The summed E-state index contributed by atoms with van der Waals surface area (Å²) >= 11 is 0. The number of rotatable bonds is 6. The summed E-state index contributed by atoms with van der Waals surface area (Å²) in [5.41, 5.74) is 0. The molecule has 0 fully saturated rings. The Kier molecular flexibility index (Phi) is 7.04. The molecule has 1 radical (unpaired) electrons. The molecule has 0 saturated carbocycles. The summed E-state index contributed by atoms with van der Waals surface area (Å²) in [6.45, 7) is 6.01. The zero-order valence-corrected chi connectivity index (χ0v) is 7.23. The van der Waals surface area contributed by atoms with Gasteiger partial charge in [-0.25, -0.2) is 0 Å². The van der Waals surface area contributed by atoms with Gasteiger partial charge in [0, 0.05) is 7.11 Å². The Balaban J connectivity index is 3.21. The summed E-state index contributed by atoms with van der Waals surface area (Å²) in [6, 6.07) is 0. The van der Waals surface area contributed by atoms with Crippen molar-refractivity contribution in [3.05, 3.63) is 6.92 Å². The van der Waals surface area contributed by atoms with Crippen molar-refractivity contribution < 1.29 is 4.74 Å². The molecule has 0 aromatic rings. The van der Waals surface area contributed by atoms with Crippen molar-refractivity contribution in [2.45, 2.75) is 45.1 Å². The molecule has 1 atom stereocenters. The molecule has 0 aromatic heterocycles. The van der Waals surface area contributed by atoms with E-state index in [0.29, 0.717) is 6.10 Å². The van der Waals surface area contributed by atoms with Crippen LogP contribution in [0.2, 0.25) is 0 Å². The fraction of sp³-hybridized carbons (Fsp3) is 0.889. The summed E-state index contributed by atoms with van der Waals surface area (Å²) < 4.78 is 5.25. The molecule has 0 aliphatic carbocycles. The third-order valence-electron chi connectivity index (χ3n) is 1.74. The van der Waals surface area contributed by atoms with Crippen LogP contribution in [0.3, 0.4) is 0 Å². The first-order valence-electron chi connectivity index (χ1n) is 4.17. The van der Waals surface area contributed by atoms with E-state index in [-0.39, 0.29) is 0 Å². The molecule has 0 saturated heterocycles. The minimum absolute atomic E-state index is 0.456. The first kappa shape index (κ1) is 9.96. The monoisotopic (exact) mass is 143 g/mol. The van der Waals surface area contributed by atoms with Gasteiger partial charge in [-0.3, -0.25) is 0 Å². The second-order valence-corrected chi connectivity index (χ2v) is 2.64. The predicted octanol–water partition coefficient (Wildman–Crippen LogP) is 2.81.